The number of allylic oxidation sites excluding steroid dienone is 2. The summed E-state index contributed by atoms with van der Waals surface area (Å²) in [4.78, 5) is 22.3. The number of hydrogen-bond donors (Lipinski definition) is 1. The molecule has 118 valence electrons. The Balaban J connectivity index is 1.83. The fraction of sp³-hybridized carbons (Fsp3) is 0.421. The van der Waals surface area contributed by atoms with Crippen molar-refractivity contribution >= 4 is 16.8 Å². The summed E-state index contributed by atoms with van der Waals surface area (Å²) in [5, 5.41) is 1.10. The molecule has 1 fully saturated rings. The number of nitrogens with zero attached hydrogens (tertiary/aromatic N) is 2. The van der Waals surface area contributed by atoms with Crippen molar-refractivity contribution in [2.24, 2.45) is 5.92 Å². The molecule has 2 aromatic rings. The molecule has 1 aliphatic carbocycles. The third-order valence-corrected chi connectivity index (χ3v) is 4.67. The van der Waals surface area contributed by atoms with E-state index in [4.69, 9.17) is 6.57 Å². The number of pyridine rings is 1. The molecule has 2 heterocycles. The third-order valence-electron chi connectivity index (χ3n) is 4.67. The van der Waals surface area contributed by atoms with Crippen LogP contribution in [0.2, 0.25) is 0 Å². The first kappa shape index (κ1) is 15.5. The summed E-state index contributed by atoms with van der Waals surface area (Å²) in [6, 6.07) is 2.21. The maximum Gasteiger partial charge on any atom is 0.225 e. The van der Waals surface area contributed by atoms with E-state index in [-0.39, 0.29) is 11.5 Å². The minimum Gasteiger partial charge on any atom is -0.346 e. The van der Waals surface area contributed by atoms with Gasteiger partial charge in [0.15, 0.2) is 5.78 Å². The Bertz CT molecular complexity index is 789. The van der Waals surface area contributed by atoms with Crippen LogP contribution >= 0.6 is 0 Å². The average Bonchev–Trinajstić information content (AvgIpc) is 3.17. The Kier molecular flexibility index (Phi) is 4.57. The van der Waals surface area contributed by atoms with Gasteiger partial charge in [-0.3, -0.25) is 0 Å². The third kappa shape index (κ3) is 3.50. The van der Waals surface area contributed by atoms with Gasteiger partial charge in [-0.1, -0.05) is 31.8 Å². The van der Waals surface area contributed by atoms with Crippen LogP contribution in [0, 0.1) is 12.5 Å². The van der Waals surface area contributed by atoms with Crippen molar-refractivity contribution in [3.05, 3.63) is 52.8 Å². The number of H-pyrrole nitrogens is 1. The highest BCUT2D eigenvalue weighted by molar-refractivity contribution is 5.95. The Hall–Kier alpha value is -2.41. The average molecular weight is 307 g/mol. The van der Waals surface area contributed by atoms with E-state index in [2.05, 4.69) is 20.9 Å². The minimum absolute atomic E-state index is 0.181. The van der Waals surface area contributed by atoms with E-state index in [1.165, 1.54) is 38.2 Å². The number of fused-ring (bicyclic) bond motifs is 1. The van der Waals surface area contributed by atoms with Gasteiger partial charge in [0.2, 0.25) is 5.70 Å². The van der Waals surface area contributed by atoms with E-state index in [0.717, 1.165) is 28.9 Å². The van der Waals surface area contributed by atoms with E-state index in [9.17, 15) is 4.79 Å². The number of ketones is 1. The van der Waals surface area contributed by atoms with Gasteiger partial charge in [0, 0.05) is 17.8 Å². The number of aromatic nitrogens is 2. The summed E-state index contributed by atoms with van der Waals surface area (Å²) < 4.78 is 0. The monoisotopic (exact) mass is 307 g/mol. The molecule has 0 aliphatic heterocycles. The fourth-order valence-electron chi connectivity index (χ4n) is 3.40. The second kappa shape index (κ2) is 6.78. The highest BCUT2D eigenvalue weighted by Gasteiger charge is 2.16. The highest BCUT2D eigenvalue weighted by Crippen LogP contribution is 2.29. The zero-order valence-corrected chi connectivity index (χ0v) is 13.4. The van der Waals surface area contributed by atoms with Gasteiger partial charge in [-0.05, 0) is 42.9 Å². The van der Waals surface area contributed by atoms with Crippen LogP contribution in [0.3, 0.4) is 0 Å². The van der Waals surface area contributed by atoms with Crippen molar-refractivity contribution < 1.29 is 4.79 Å². The molecule has 4 nitrogen and oxygen atoms in total. The SMILES string of the molecule is [C-]#[N+]/C(=C\Cc1c[nH]c2ncc(CC3CCCC3)cc12)C(C)=O. The molecule has 0 bridgehead atoms. The van der Waals surface area contributed by atoms with Gasteiger partial charge in [-0.2, -0.15) is 0 Å². The lowest BCUT2D eigenvalue weighted by Crippen LogP contribution is -1.99. The lowest BCUT2D eigenvalue weighted by molar-refractivity contribution is -0.113. The number of rotatable bonds is 5. The van der Waals surface area contributed by atoms with E-state index < -0.39 is 0 Å². The lowest BCUT2D eigenvalue weighted by Gasteiger charge is -2.08. The number of Topliss-reactive ketones (excluding diaryl/α,β-unsaturated/α-hetero) is 1. The maximum atomic E-state index is 11.3. The maximum absolute atomic E-state index is 11.3. The predicted octanol–water partition coefficient (Wildman–Crippen LogP) is 4.23. The fourth-order valence-corrected chi connectivity index (χ4v) is 3.40. The van der Waals surface area contributed by atoms with Gasteiger partial charge in [-0.15, -0.1) is 0 Å². The number of nitrogens with one attached hydrogen (secondary N) is 1. The number of aromatic amines is 1. The topological polar surface area (TPSA) is 50.1 Å². The highest BCUT2D eigenvalue weighted by atomic mass is 16.1. The standard InChI is InChI=1S/C19H21N3O/c1-13(23)18(20-2)8-7-16-12-22-19-17(16)10-15(11-21-19)9-14-5-3-4-6-14/h8,10-12,14H,3-7,9H2,1H3,(H,21,22)/b18-8-. The van der Waals surface area contributed by atoms with Crippen LogP contribution in [0.4, 0.5) is 0 Å². The first-order valence-electron chi connectivity index (χ1n) is 8.21. The van der Waals surface area contributed by atoms with Gasteiger partial charge in [0.05, 0.1) is 6.57 Å². The molecule has 1 saturated carbocycles. The smallest absolute Gasteiger partial charge is 0.225 e. The van der Waals surface area contributed by atoms with E-state index in [1.54, 1.807) is 6.08 Å². The summed E-state index contributed by atoms with van der Waals surface area (Å²) in [6.45, 7) is 8.49. The van der Waals surface area contributed by atoms with Gasteiger partial charge < -0.3 is 9.78 Å². The van der Waals surface area contributed by atoms with Gasteiger partial charge in [0.25, 0.3) is 0 Å². The summed E-state index contributed by atoms with van der Waals surface area (Å²) in [5.74, 6) is 0.614. The molecular weight excluding hydrogens is 286 g/mol. The van der Waals surface area contributed by atoms with Crippen molar-refractivity contribution in [2.45, 2.75) is 45.4 Å². The van der Waals surface area contributed by atoms with Crippen molar-refractivity contribution in [1.29, 1.82) is 0 Å². The van der Waals surface area contributed by atoms with Crippen LogP contribution in [-0.4, -0.2) is 15.8 Å². The van der Waals surface area contributed by atoms with Crippen LogP contribution in [0.5, 0.6) is 0 Å². The molecule has 0 amide bonds. The summed E-state index contributed by atoms with van der Waals surface area (Å²) >= 11 is 0. The summed E-state index contributed by atoms with van der Waals surface area (Å²) in [7, 11) is 0. The number of carbonyl (C=O) groups is 1. The molecule has 0 radical (unpaired) electrons. The summed E-state index contributed by atoms with van der Waals surface area (Å²) in [5.41, 5.74) is 3.44. The van der Waals surface area contributed by atoms with Crippen LogP contribution < -0.4 is 0 Å². The normalized spacial score (nSPS) is 15.9. The molecule has 1 N–H and O–H groups in total. The number of carbonyl (C=O) groups excluding carboxylic acids is 1. The lowest BCUT2D eigenvalue weighted by atomic mass is 9.98. The molecule has 0 atom stereocenters. The van der Waals surface area contributed by atoms with Crippen molar-refractivity contribution in [3.63, 3.8) is 0 Å². The van der Waals surface area contributed by atoms with Crippen LogP contribution in [0.1, 0.15) is 43.7 Å². The molecule has 0 saturated heterocycles. The predicted molar refractivity (Wildman–Crippen MR) is 90.8 cm³/mol. The van der Waals surface area contributed by atoms with Crippen molar-refractivity contribution in [1.82, 2.24) is 9.97 Å². The molecule has 3 rings (SSSR count). The Morgan fingerprint density at radius 1 is 1.48 bits per heavy atom. The first-order valence-corrected chi connectivity index (χ1v) is 8.21. The largest absolute Gasteiger partial charge is 0.346 e. The molecule has 0 unspecified atom stereocenters. The van der Waals surface area contributed by atoms with Crippen LogP contribution in [0.15, 0.2) is 30.2 Å². The molecule has 2 aromatic heterocycles. The minimum atomic E-state index is -0.181. The number of hydrogen-bond acceptors (Lipinski definition) is 2. The van der Waals surface area contributed by atoms with Crippen molar-refractivity contribution in [3.8, 4) is 0 Å². The first-order chi connectivity index (χ1) is 11.2. The Labute approximate surface area is 136 Å². The molecule has 0 aromatic carbocycles. The van der Waals surface area contributed by atoms with Crippen molar-refractivity contribution in [2.75, 3.05) is 0 Å². The molecule has 1 aliphatic rings. The van der Waals surface area contributed by atoms with E-state index in [0.29, 0.717) is 6.42 Å². The zero-order chi connectivity index (χ0) is 16.2. The Morgan fingerprint density at radius 3 is 2.96 bits per heavy atom. The van der Waals surface area contributed by atoms with E-state index >= 15 is 0 Å². The Morgan fingerprint density at radius 2 is 2.26 bits per heavy atom. The van der Waals surface area contributed by atoms with Gasteiger partial charge in [-0.25, -0.2) is 9.83 Å². The van der Waals surface area contributed by atoms with Crippen LogP contribution in [-0.2, 0) is 17.6 Å². The summed E-state index contributed by atoms with van der Waals surface area (Å²) in [6.07, 6.45) is 12.6. The molecule has 0 spiro atoms. The molecule has 4 heteroatoms. The second-order valence-electron chi connectivity index (χ2n) is 6.37. The van der Waals surface area contributed by atoms with E-state index in [1.807, 2.05) is 12.4 Å². The zero-order valence-electron chi connectivity index (χ0n) is 13.4. The molecular formula is C19H21N3O. The molecule has 23 heavy (non-hydrogen) atoms. The quantitative estimate of drug-likeness (QED) is 0.664. The van der Waals surface area contributed by atoms with Crippen LogP contribution in [0.25, 0.3) is 15.9 Å². The van der Waals surface area contributed by atoms with Gasteiger partial charge >= 0.3 is 0 Å². The second-order valence-corrected chi connectivity index (χ2v) is 6.37. The van der Waals surface area contributed by atoms with Gasteiger partial charge in [0.1, 0.15) is 5.65 Å².